The van der Waals surface area contributed by atoms with Gasteiger partial charge in [-0.3, -0.25) is 0 Å². The first kappa shape index (κ1) is 11.7. The summed E-state index contributed by atoms with van der Waals surface area (Å²) < 4.78 is 1.10. The Bertz CT molecular complexity index is 301. The molecule has 1 rings (SSSR count). The highest BCUT2D eigenvalue weighted by Gasteiger charge is 2.05. The quantitative estimate of drug-likeness (QED) is 0.864. The molecule has 78 valence electrons. The van der Waals surface area contributed by atoms with Crippen LogP contribution in [-0.4, -0.2) is 24.8 Å². The predicted molar refractivity (Wildman–Crippen MR) is 62.5 cm³/mol. The fraction of sp³-hybridized carbons (Fsp3) is 0.455. The number of nitrogens with one attached hydrogen (secondary N) is 1. The maximum Gasteiger partial charge on any atom is 0.0704 e. The summed E-state index contributed by atoms with van der Waals surface area (Å²) >= 11 is 3.48. The maximum atomic E-state index is 9.58. The van der Waals surface area contributed by atoms with Gasteiger partial charge in [-0.25, -0.2) is 0 Å². The predicted octanol–water partition coefficient (Wildman–Crippen LogP) is 1.88. The van der Waals surface area contributed by atoms with Crippen LogP contribution in [0.15, 0.2) is 22.7 Å². The van der Waals surface area contributed by atoms with Crippen molar-refractivity contribution in [2.24, 2.45) is 0 Å². The van der Waals surface area contributed by atoms with Gasteiger partial charge in [0.15, 0.2) is 0 Å². The van der Waals surface area contributed by atoms with Gasteiger partial charge in [0.1, 0.15) is 0 Å². The number of aryl methyl sites for hydroxylation is 1. The summed E-state index contributed by atoms with van der Waals surface area (Å²) in [5, 5.41) is 12.5. The molecule has 0 aliphatic heterocycles. The Morgan fingerprint density at radius 3 is 2.79 bits per heavy atom. The largest absolute Gasteiger partial charge is 0.391 e. The monoisotopic (exact) mass is 257 g/mol. The van der Waals surface area contributed by atoms with E-state index < -0.39 is 0 Å². The number of aliphatic hydroxyl groups excluding tert-OH is 1. The van der Waals surface area contributed by atoms with Gasteiger partial charge in [-0.15, -0.1) is 0 Å². The zero-order valence-corrected chi connectivity index (χ0v) is 10.1. The van der Waals surface area contributed by atoms with Gasteiger partial charge in [-0.1, -0.05) is 28.1 Å². The van der Waals surface area contributed by atoms with Crippen LogP contribution in [0.4, 0.5) is 0 Å². The molecule has 1 aromatic rings. The molecule has 14 heavy (non-hydrogen) atoms. The van der Waals surface area contributed by atoms with Crippen LogP contribution in [-0.2, 0) is 6.42 Å². The lowest BCUT2D eigenvalue weighted by Gasteiger charge is -2.10. The number of rotatable bonds is 4. The van der Waals surface area contributed by atoms with E-state index in [-0.39, 0.29) is 6.10 Å². The van der Waals surface area contributed by atoms with E-state index in [1.807, 2.05) is 7.05 Å². The Morgan fingerprint density at radius 1 is 1.50 bits per heavy atom. The highest BCUT2D eigenvalue weighted by molar-refractivity contribution is 9.10. The number of aliphatic hydroxyl groups is 1. The summed E-state index contributed by atoms with van der Waals surface area (Å²) in [5.41, 5.74) is 2.38. The van der Waals surface area contributed by atoms with Crippen LogP contribution >= 0.6 is 15.9 Å². The number of hydrogen-bond acceptors (Lipinski definition) is 2. The third kappa shape index (κ3) is 3.40. The summed E-state index contributed by atoms with van der Waals surface area (Å²) in [6.07, 6.45) is 0.384. The van der Waals surface area contributed by atoms with E-state index in [0.29, 0.717) is 13.0 Å². The minimum atomic E-state index is -0.311. The van der Waals surface area contributed by atoms with Crippen molar-refractivity contribution in [2.45, 2.75) is 19.4 Å². The second-order valence-electron chi connectivity index (χ2n) is 3.50. The van der Waals surface area contributed by atoms with E-state index >= 15 is 0 Å². The summed E-state index contributed by atoms with van der Waals surface area (Å²) in [4.78, 5) is 0. The first-order chi connectivity index (χ1) is 6.63. The highest BCUT2D eigenvalue weighted by Crippen LogP contribution is 2.18. The molecule has 1 aromatic carbocycles. The zero-order chi connectivity index (χ0) is 10.6. The molecule has 0 heterocycles. The summed E-state index contributed by atoms with van der Waals surface area (Å²) in [6, 6.07) is 6.18. The molecule has 2 N–H and O–H groups in total. The van der Waals surface area contributed by atoms with Crippen LogP contribution in [0.1, 0.15) is 11.1 Å². The number of likely N-dealkylation sites (N-methyl/N-ethyl adjacent to an activating group) is 1. The van der Waals surface area contributed by atoms with Crippen molar-refractivity contribution < 1.29 is 5.11 Å². The molecule has 0 saturated carbocycles. The second-order valence-corrected chi connectivity index (χ2v) is 4.35. The van der Waals surface area contributed by atoms with Gasteiger partial charge in [0, 0.05) is 11.0 Å². The molecule has 2 nitrogen and oxygen atoms in total. The highest BCUT2D eigenvalue weighted by atomic mass is 79.9. The summed E-state index contributed by atoms with van der Waals surface area (Å²) in [7, 11) is 1.84. The van der Waals surface area contributed by atoms with Crippen molar-refractivity contribution in [2.75, 3.05) is 13.6 Å². The smallest absolute Gasteiger partial charge is 0.0704 e. The van der Waals surface area contributed by atoms with Crippen molar-refractivity contribution in [3.63, 3.8) is 0 Å². The fourth-order valence-corrected chi connectivity index (χ4v) is 1.77. The van der Waals surface area contributed by atoms with Gasteiger partial charge in [0.05, 0.1) is 6.10 Å². The van der Waals surface area contributed by atoms with Crippen LogP contribution in [0, 0.1) is 6.92 Å². The molecule has 0 aromatic heterocycles. The van der Waals surface area contributed by atoms with Crippen molar-refractivity contribution in [3.05, 3.63) is 33.8 Å². The van der Waals surface area contributed by atoms with Crippen LogP contribution in [0.2, 0.25) is 0 Å². The Morgan fingerprint density at radius 2 is 2.21 bits per heavy atom. The molecule has 3 heteroatoms. The number of hydrogen-bond donors (Lipinski definition) is 2. The standard InChI is InChI=1S/C11H16BrNO/c1-8-3-4-9(6-11(8)12)5-10(14)7-13-2/h3-4,6,10,13-14H,5,7H2,1-2H3. The fourth-order valence-electron chi connectivity index (χ4n) is 1.34. The minimum absolute atomic E-state index is 0.311. The molecule has 1 atom stereocenters. The topological polar surface area (TPSA) is 32.3 Å². The minimum Gasteiger partial charge on any atom is -0.391 e. The molecule has 0 aliphatic rings. The molecule has 0 amide bonds. The van der Waals surface area contributed by atoms with Crippen molar-refractivity contribution in [1.29, 1.82) is 0 Å². The van der Waals surface area contributed by atoms with Crippen LogP contribution in [0.3, 0.4) is 0 Å². The molecule has 0 spiro atoms. The SMILES string of the molecule is CNCC(O)Cc1ccc(C)c(Br)c1. The first-order valence-corrected chi connectivity index (χ1v) is 5.50. The lowest BCUT2D eigenvalue weighted by atomic mass is 10.1. The lowest BCUT2D eigenvalue weighted by molar-refractivity contribution is 0.175. The Kier molecular flexibility index (Phi) is 4.58. The third-order valence-electron chi connectivity index (χ3n) is 2.15. The van der Waals surface area contributed by atoms with Crippen LogP contribution in [0.5, 0.6) is 0 Å². The molecule has 0 saturated heterocycles. The molecular weight excluding hydrogens is 242 g/mol. The average Bonchev–Trinajstić information content (AvgIpc) is 2.12. The van der Waals surface area contributed by atoms with E-state index in [1.54, 1.807) is 0 Å². The first-order valence-electron chi connectivity index (χ1n) is 4.71. The van der Waals surface area contributed by atoms with Gasteiger partial charge in [0.25, 0.3) is 0 Å². The molecule has 0 fully saturated rings. The van der Waals surface area contributed by atoms with Gasteiger partial charge >= 0.3 is 0 Å². The van der Waals surface area contributed by atoms with Crippen LogP contribution in [0.25, 0.3) is 0 Å². The third-order valence-corrected chi connectivity index (χ3v) is 3.00. The van der Waals surface area contributed by atoms with Crippen molar-refractivity contribution >= 4 is 15.9 Å². The van der Waals surface area contributed by atoms with Crippen molar-refractivity contribution in [1.82, 2.24) is 5.32 Å². The Balaban J connectivity index is 2.63. The summed E-state index contributed by atoms with van der Waals surface area (Å²) in [6.45, 7) is 2.68. The van der Waals surface area contributed by atoms with E-state index in [4.69, 9.17) is 0 Å². The molecule has 0 bridgehead atoms. The maximum absolute atomic E-state index is 9.58. The molecular formula is C11H16BrNO. The van der Waals surface area contributed by atoms with E-state index in [2.05, 4.69) is 46.4 Å². The van der Waals surface area contributed by atoms with E-state index in [9.17, 15) is 5.11 Å². The normalized spacial score (nSPS) is 12.9. The Hall–Kier alpha value is -0.380. The number of halogens is 1. The van der Waals surface area contributed by atoms with Gasteiger partial charge < -0.3 is 10.4 Å². The van der Waals surface area contributed by atoms with Crippen molar-refractivity contribution in [3.8, 4) is 0 Å². The number of benzene rings is 1. The molecule has 0 radical (unpaired) electrons. The van der Waals surface area contributed by atoms with E-state index in [1.165, 1.54) is 5.56 Å². The van der Waals surface area contributed by atoms with Crippen LogP contribution < -0.4 is 5.32 Å². The second kappa shape index (κ2) is 5.49. The molecule has 0 aliphatic carbocycles. The van der Waals surface area contributed by atoms with Gasteiger partial charge in [-0.2, -0.15) is 0 Å². The summed E-state index contributed by atoms with van der Waals surface area (Å²) in [5.74, 6) is 0. The molecule has 1 unspecified atom stereocenters. The van der Waals surface area contributed by atoms with E-state index in [0.717, 1.165) is 10.0 Å². The zero-order valence-electron chi connectivity index (χ0n) is 8.55. The average molecular weight is 258 g/mol. The lowest BCUT2D eigenvalue weighted by Crippen LogP contribution is -2.25. The Labute approximate surface area is 93.5 Å². The van der Waals surface area contributed by atoms with Gasteiger partial charge in [0.2, 0.25) is 0 Å². The van der Waals surface area contributed by atoms with Gasteiger partial charge in [-0.05, 0) is 37.6 Å².